The fraction of sp³-hybridized carbons (Fsp3) is 0.231. The molecule has 0 aliphatic rings. The predicted octanol–water partition coefficient (Wildman–Crippen LogP) is 6.09. The lowest BCUT2D eigenvalue weighted by molar-refractivity contribution is 0.416. The van der Waals surface area contributed by atoms with E-state index in [1.54, 1.807) is 25.3 Å². The summed E-state index contributed by atoms with van der Waals surface area (Å²) in [5, 5.41) is 0. The number of anilines is 2. The lowest BCUT2D eigenvalue weighted by Crippen LogP contribution is -1.96. The summed E-state index contributed by atoms with van der Waals surface area (Å²) in [4.78, 5) is 12.8. The van der Waals surface area contributed by atoms with E-state index in [0.717, 1.165) is 35.7 Å². The Morgan fingerprint density at radius 3 is 2.36 bits per heavy atom. The Kier molecular flexibility index (Phi) is 7.19. The van der Waals surface area contributed by atoms with Gasteiger partial charge in [0.05, 0.1) is 19.0 Å². The second-order valence-electron chi connectivity index (χ2n) is 8.20. The number of pyridine rings is 1. The van der Waals surface area contributed by atoms with Crippen LogP contribution in [0.2, 0.25) is 0 Å². The van der Waals surface area contributed by atoms with Crippen molar-refractivity contribution in [1.29, 1.82) is 0 Å². The van der Waals surface area contributed by atoms with E-state index >= 15 is 0 Å². The van der Waals surface area contributed by atoms with E-state index < -0.39 is 0 Å². The highest BCUT2D eigenvalue weighted by Crippen LogP contribution is 2.30. The van der Waals surface area contributed by atoms with Gasteiger partial charge < -0.3 is 20.2 Å². The molecule has 0 aliphatic carbocycles. The van der Waals surface area contributed by atoms with Gasteiger partial charge in [0.25, 0.3) is 0 Å². The van der Waals surface area contributed by atoms with Gasteiger partial charge >= 0.3 is 0 Å². The zero-order chi connectivity index (χ0) is 23.2. The summed E-state index contributed by atoms with van der Waals surface area (Å²) in [6.45, 7) is 4.41. The summed E-state index contributed by atoms with van der Waals surface area (Å²) in [5.41, 5.74) is 11.2. The van der Waals surface area contributed by atoms with E-state index in [2.05, 4.69) is 76.0 Å². The average Bonchev–Trinajstić information content (AvgIpc) is 3.28. The molecule has 0 saturated carbocycles. The summed E-state index contributed by atoms with van der Waals surface area (Å²) in [6, 6.07) is 19.0. The summed E-state index contributed by atoms with van der Waals surface area (Å²) < 4.78 is 8.91. The van der Waals surface area contributed by atoms with Gasteiger partial charge in [0.1, 0.15) is 11.6 Å². The van der Waals surface area contributed by atoms with E-state index in [1.165, 1.54) is 21.6 Å². The number of nitrogens with one attached hydrogen (secondary N) is 2. The first kappa shape index (κ1) is 22.7. The van der Waals surface area contributed by atoms with Crippen molar-refractivity contribution in [2.45, 2.75) is 37.5 Å². The van der Waals surface area contributed by atoms with Gasteiger partial charge in [-0.1, -0.05) is 38.1 Å². The number of nitrogen functional groups attached to an aromatic ring is 1. The molecule has 0 aliphatic heterocycles. The molecule has 0 amide bonds. The molecule has 6 nitrogen and oxygen atoms in total. The largest absolute Gasteiger partial charge is 0.496 e. The standard InChI is InChI=1S/C26H29N5OS/c1-17(2)20-8-10-21(11-9-20)33-31-25-13-7-19(15-28-25)5-4-18-6-12-22(24(14-18)32-3)23-16-29-26(27)30-23/h6-17H,4-5H2,1-3H3,(H,28,31)(H3,27,29,30). The molecule has 0 atom stereocenters. The molecule has 0 radical (unpaired) electrons. The van der Waals surface area contributed by atoms with Crippen LogP contribution in [0.5, 0.6) is 5.75 Å². The Balaban J connectivity index is 1.32. The van der Waals surface area contributed by atoms with Gasteiger partial charge in [0.2, 0.25) is 0 Å². The molecule has 0 spiro atoms. The third-order valence-corrected chi connectivity index (χ3v) is 6.32. The Hall–Kier alpha value is -3.45. The lowest BCUT2D eigenvalue weighted by atomic mass is 10.0. The highest BCUT2D eigenvalue weighted by molar-refractivity contribution is 8.00. The number of nitrogens with two attached hydrogens (primary N) is 1. The number of imidazole rings is 1. The number of aromatic nitrogens is 3. The molecule has 4 aromatic rings. The number of hydrogen-bond donors (Lipinski definition) is 3. The third kappa shape index (κ3) is 5.87. The van der Waals surface area contributed by atoms with E-state index in [9.17, 15) is 0 Å². The van der Waals surface area contributed by atoms with Crippen LogP contribution in [-0.4, -0.2) is 22.1 Å². The monoisotopic (exact) mass is 459 g/mol. The number of ether oxygens (including phenoxy) is 1. The fourth-order valence-corrected chi connectivity index (χ4v) is 4.16. The van der Waals surface area contributed by atoms with E-state index in [4.69, 9.17) is 10.5 Å². The van der Waals surface area contributed by atoms with Crippen molar-refractivity contribution in [1.82, 2.24) is 15.0 Å². The van der Waals surface area contributed by atoms with Crippen LogP contribution in [0.25, 0.3) is 11.3 Å². The molecule has 2 aromatic heterocycles. The first-order chi connectivity index (χ1) is 16.0. The highest BCUT2D eigenvalue weighted by atomic mass is 32.2. The minimum atomic E-state index is 0.393. The first-order valence-electron chi connectivity index (χ1n) is 11.0. The zero-order valence-electron chi connectivity index (χ0n) is 19.1. The van der Waals surface area contributed by atoms with Crippen molar-refractivity contribution >= 4 is 23.7 Å². The third-order valence-electron chi connectivity index (χ3n) is 5.50. The van der Waals surface area contributed by atoms with Crippen molar-refractivity contribution in [2.75, 3.05) is 17.6 Å². The maximum atomic E-state index is 5.70. The topological polar surface area (TPSA) is 88.8 Å². The maximum absolute atomic E-state index is 5.70. The van der Waals surface area contributed by atoms with Gasteiger partial charge in [0, 0.05) is 16.7 Å². The van der Waals surface area contributed by atoms with Crippen LogP contribution in [0.4, 0.5) is 11.8 Å². The second kappa shape index (κ2) is 10.4. The molecule has 170 valence electrons. The minimum Gasteiger partial charge on any atom is -0.496 e. The molecule has 0 unspecified atom stereocenters. The lowest BCUT2D eigenvalue weighted by Gasteiger charge is -2.10. The van der Waals surface area contributed by atoms with Crippen molar-refractivity contribution in [3.8, 4) is 17.0 Å². The van der Waals surface area contributed by atoms with Crippen molar-refractivity contribution in [3.05, 3.63) is 83.7 Å². The predicted molar refractivity (Wildman–Crippen MR) is 137 cm³/mol. The summed E-state index contributed by atoms with van der Waals surface area (Å²) in [5.74, 6) is 2.58. The smallest absolute Gasteiger partial charge is 0.197 e. The van der Waals surface area contributed by atoms with Crippen molar-refractivity contribution < 1.29 is 4.74 Å². The molecular formula is C26H29N5OS. The number of benzene rings is 2. The quantitative estimate of drug-likeness (QED) is 0.262. The maximum Gasteiger partial charge on any atom is 0.197 e. The fourth-order valence-electron chi connectivity index (χ4n) is 3.54. The van der Waals surface area contributed by atoms with Gasteiger partial charge in [-0.05, 0) is 77.7 Å². The molecule has 0 fully saturated rings. The van der Waals surface area contributed by atoms with E-state index in [-0.39, 0.29) is 0 Å². The molecular weight excluding hydrogens is 430 g/mol. The number of rotatable bonds is 9. The number of aryl methyl sites for hydroxylation is 2. The highest BCUT2D eigenvalue weighted by Gasteiger charge is 2.10. The molecule has 4 N–H and O–H groups in total. The summed E-state index contributed by atoms with van der Waals surface area (Å²) >= 11 is 1.57. The van der Waals surface area contributed by atoms with Gasteiger partial charge in [0.15, 0.2) is 5.95 Å². The first-order valence-corrected chi connectivity index (χ1v) is 11.8. The number of aromatic amines is 1. The number of H-pyrrole nitrogens is 1. The Labute approximate surface area is 199 Å². The van der Waals surface area contributed by atoms with Gasteiger partial charge in [-0.15, -0.1) is 0 Å². The Bertz CT molecular complexity index is 1190. The van der Waals surface area contributed by atoms with Crippen LogP contribution in [0.3, 0.4) is 0 Å². The van der Waals surface area contributed by atoms with Crippen molar-refractivity contribution in [2.24, 2.45) is 0 Å². The van der Waals surface area contributed by atoms with Crippen LogP contribution in [0, 0.1) is 0 Å². The van der Waals surface area contributed by atoms with Crippen LogP contribution in [0.1, 0.15) is 36.5 Å². The van der Waals surface area contributed by atoms with Crippen LogP contribution in [-0.2, 0) is 12.8 Å². The summed E-state index contributed by atoms with van der Waals surface area (Å²) in [7, 11) is 1.68. The molecule has 0 saturated heterocycles. The zero-order valence-corrected chi connectivity index (χ0v) is 19.9. The van der Waals surface area contributed by atoms with Crippen LogP contribution < -0.4 is 15.2 Å². The normalized spacial score (nSPS) is 11.0. The van der Waals surface area contributed by atoms with Crippen molar-refractivity contribution in [3.63, 3.8) is 0 Å². The summed E-state index contributed by atoms with van der Waals surface area (Å²) in [6.07, 6.45) is 5.45. The minimum absolute atomic E-state index is 0.393. The number of methoxy groups -OCH3 is 1. The SMILES string of the molecule is COc1cc(CCc2ccc(NSc3ccc(C(C)C)cc3)nc2)ccc1-c1cnc(N)[nH]1. The molecule has 4 rings (SSSR count). The van der Waals surface area contributed by atoms with E-state index in [1.807, 2.05) is 18.3 Å². The van der Waals surface area contributed by atoms with Gasteiger partial charge in [-0.2, -0.15) is 0 Å². The van der Waals surface area contributed by atoms with Crippen LogP contribution in [0.15, 0.2) is 71.9 Å². The average molecular weight is 460 g/mol. The van der Waals surface area contributed by atoms with Gasteiger partial charge in [-0.25, -0.2) is 9.97 Å². The molecule has 0 bridgehead atoms. The number of hydrogen-bond acceptors (Lipinski definition) is 6. The molecule has 33 heavy (non-hydrogen) atoms. The van der Waals surface area contributed by atoms with Crippen LogP contribution >= 0.6 is 11.9 Å². The molecule has 7 heteroatoms. The molecule has 2 aromatic carbocycles. The molecule has 2 heterocycles. The second-order valence-corrected chi connectivity index (χ2v) is 9.08. The number of nitrogens with zero attached hydrogens (tertiary/aromatic N) is 2. The van der Waals surface area contributed by atoms with Gasteiger partial charge in [-0.3, -0.25) is 0 Å². The van der Waals surface area contributed by atoms with E-state index in [0.29, 0.717) is 11.9 Å². The Morgan fingerprint density at radius 1 is 0.970 bits per heavy atom. The Morgan fingerprint density at radius 2 is 1.73 bits per heavy atom.